The third-order valence-corrected chi connectivity index (χ3v) is 2.54. The van der Waals surface area contributed by atoms with E-state index in [1.165, 1.54) is 14.0 Å². The Balaban J connectivity index is 2.81. The van der Waals surface area contributed by atoms with Crippen LogP contribution < -0.4 is 0 Å². The lowest BCUT2D eigenvalue weighted by atomic mass is 9.84. The summed E-state index contributed by atoms with van der Waals surface area (Å²) in [5, 5.41) is 18.6. The predicted molar refractivity (Wildman–Crippen MR) is 46.1 cm³/mol. The first kappa shape index (κ1) is 11.0. The Morgan fingerprint density at radius 2 is 2.43 bits per heavy atom. The van der Waals surface area contributed by atoms with E-state index in [9.17, 15) is 9.90 Å². The van der Waals surface area contributed by atoms with E-state index in [1.807, 2.05) is 6.07 Å². The van der Waals surface area contributed by atoms with Gasteiger partial charge in [0.25, 0.3) is 0 Å². The van der Waals surface area contributed by atoms with Crippen molar-refractivity contribution in [3.63, 3.8) is 0 Å². The highest BCUT2D eigenvalue weighted by molar-refractivity contribution is 5.79. The van der Waals surface area contributed by atoms with Crippen molar-refractivity contribution in [2.45, 2.75) is 25.0 Å². The summed E-state index contributed by atoms with van der Waals surface area (Å²) in [4.78, 5) is 11.2. The molecule has 0 spiro atoms. The fourth-order valence-electron chi connectivity index (χ4n) is 1.65. The van der Waals surface area contributed by atoms with E-state index in [-0.39, 0.29) is 0 Å². The fourth-order valence-corrected chi connectivity index (χ4v) is 1.65. The third-order valence-electron chi connectivity index (χ3n) is 2.54. The number of ether oxygens (including phenoxy) is 2. The molecule has 1 aliphatic rings. The van der Waals surface area contributed by atoms with Gasteiger partial charge in [0.1, 0.15) is 6.10 Å². The summed E-state index contributed by atoms with van der Waals surface area (Å²) in [6.45, 7) is 1.73. The summed E-state index contributed by atoms with van der Waals surface area (Å²) in [5.74, 6) is -1.24. The summed E-state index contributed by atoms with van der Waals surface area (Å²) in [7, 11) is 1.20. The largest absolute Gasteiger partial charge is 0.467 e. The van der Waals surface area contributed by atoms with Crippen molar-refractivity contribution in [2.75, 3.05) is 13.7 Å². The Kier molecular flexibility index (Phi) is 3.09. The highest BCUT2D eigenvalue weighted by atomic mass is 16.5. The number of methoxy groups -OCH3 is 1. The van der Waals surface area contributed by atoms with Gasteiger partial charge in [0.05, 0.1) is 13.2 Å². The third kappa shape index (κ3) is 1.72. The second-order valence-corrected chi connectivity index (χ2v) is 3.45. The van der Waals surface area contributed by atoms with Crippen LogP contribution in [0, 0.1) is 17.2 Å². The molecule has 5 heteroatoms. The van der Waals surface area contributed by atoms with Crippen LogP contribution in [0.3, 0.4) is 0 Å². The smallest absolute Gasteiger partial charge is 0.337 e. The van der Waals surface area contributed by atoms with Gasteiger partial charge in [0.2, 0.25) is 0 Å². The van der Waals surface area contributed by atoms with Gasteiger partial charge in [-0.1, -0.05) is 0 Å². The molecule has 3 unspecified atom stereocenters. The SMILES string of the molecule is COC(=O)C(C)(O)C1CCOC1C#N. The van der Waals surface area contributed by atoms with Gasteiger partial charge in [-0.15, -0.1) is 0 Å². The molecular formula is C9H13NO4. The number of carbonyl (C=O) groups is 1. The second-order valence-electron chi connectivity index (χ2n) is 3.45. The van der Waals surface area contributed by atoms with Crippen LogP contribution in [0.25, 0.3) is 0 Å². The quantitative estimate of drug-likeness (QED) is 0.625. The lowest BCUT2D eigenvalue weighted by Gasteiger charge is -2.27. The zero-order chi connectivity index (χ0) is 10.8. The first-order chi connectivity index (χ1) is 6.54. The van der Waals surface area contributed by atoms with Gasteiger partial charge >= 0.3 is 5.97 Å². The molecule has 0 bridgehead atoms. The van der Waals surface area contributed by atoms with Gasteiger partial charge in [0, 0.05) is 12.5 Å². The zero-order valence-corrected chi connectivity index (χ0v) is 8.19. The van der Waals surface area contributed by atoms with Crippen molar-refractivity contribution in [1.29, 1.82) is 5.26 Å². The molecule has 1 heterocycles. The highest BCUT2D eigenvalue weighted by Crippen LogP contribution is 2.31. The van der Waals surface area contributed by atoms with Crippen LogP contribution >= 0.6 is 0 Å². The number of carbonyl (C=O) groups excluding carboxylic acids is 1. The van der Waals surface area contributed by atoms with Crippen LogP contribution in [-0.4, -0.2) is 36.5 Å². The van der Waals surface area contributed by atoms with Gasteiger partial charge < -0.3 is 14.6 Å². The van der Waals surface area contributed by atoms with Gasteiger partial charge in [0.15, 0.2) is 5.60 Å². The molecule has 14 heavy (non-hydrogen) atoms. The Hall–Kier alpha value is -1.12. The van der Waals surface area contributed by atoms with Crippen LogP contribution in [0.1, 0.15) is 13.3 Å². The molecule has 3 atom stereocenters. The van der Waals surface area contributed by atoms with Crippen molar-refractivity contribution < 1.29 is 19.4 Å². The maximum atomic E-state index is 11.2. The van der Waals surface area contributed by atoms with Crippen molar-refractivity contribution in [3.05, 3.63) is 0 Å². The Labute approximate surface area is 82.2 Å². The van der Waals surface area contributed by atoms with E-state index in [2.05, 4.69) is 4.74 Å². The lowest BCUT2D eigenvalue weighted by Crippen LogP contribution is -2.46. The topological polar surface area (TPSA) is 79.6 Å². The number of aliphatic hydroxyl groups is 1. The maximum absolute atomic E-state index is 11.2. The molecule has 0 aromatic carbocycles. The van der Waals surface area contributed by atoms with E-state index in [0.29, 0.717) is 13.0 Å². The minimum absolute atomic E-state index is 0.385. The summed E-state index contributed by atoms with van der Waals surface area (Å²) in [5.41, 5.74) is -1.65. The van der Waals surface area contributed by atoms with Gasteiger partial charge in [-0.25, -0.2) is 4.79 Å². The molecule has 1 rings (SSSR count). The zero-order valence-electron chi connectivity index (χ0n) is 8.19. The number of esters is 1. The van der Waals surface area contributed by atoms with Gasteiger partial charge in [-0.3, -0.25) is 0 Å². The normalized spacial score (nSPS) is 30.4. The van der Waals surface area contributed by atoms with Gasteiger partial charge in [-0.2, -0.15) is 5.26 Å². The molecule has 0 radical (unpaired) electrons. The number of nitrogens with zero attached hydrogens (tertiary/aromatic N) is 1. The molecule has 0 saturated carbocycles. The summed E-state index contributed by atoms with van der Waals surface area (Å²) < 4.78 is 9.53. The van der Waals surface area contributed by atoms with Crippen LogP contribution in [0.15, 0.2) is 0 Å². The maximum Gasteiger partial charge on any atom is 0.337 e. The number of hydrogen-bond donors (Lipinski definition) is 1. The van der Waals surface area contributed by atoms with Crippen molar-refractivity contribution in [3.8, 4) is 6.07 Å². The molecule has 1 N–H and O–H groups in total. The molecule has 1 saturated heterocycles. The highest BCUT2D eigenvalue weighted by Gasteiger charge is 2.47. The van der Waals surface area contributed by atoms with Crippen LogP contribution in [0.5, 0.6) is 0 Å². The number of rotatable bonds is 2. The summed E-state index contributed by atoms with van der Waals surface area (Å²) >= 11 is 0. The molecular weight excluding hydrogens is 186 g/mol. The van der Waals surface area contributed by atoms with E-state index < -0.39 is 23.6 Å². The molecule has 1 fully saturated rings. The predicted octanol–water partition coefficient (Wildman–Crippen LogP) is -0.161. The summed E-state index contributed by atoms with van der Waals surface area (Å²) in [6, 6.07) is 1.91. The Morgan fingerprint density at radius 1 is 1.79 bits per heavy atom. The van der Waals surface area contributed by atoms with Crippen LogP contribution in [-0.2, 0) is 14.3 Å². The lowest BCUT2D eigenvalue weighted by molar-refractivity contribution is -0.167. The molecule has 1 aliphatic heterocycles. The standard InChI is InChI=1S/C9H13NO4/c1-9(12,8(11)13-2)6-3-4-14-7(6)5-10/h6-7,12H,3-4H2,1-2H3. The fraction of sp³-hybridized carbons (Fsp3) is 0.778. The van der Waals surface area contributed by atoms with Crippen LogP contribution in [0.4, 0.5) is 0 Å². The van der Waals surface area contributed by atoms with Crippen LogP contribution in [0.2, 0.25) is 0 Å². The number of nitriles is 1. The average Bonchev–Trinajstić information content (AvgIpc) is 2.64. The van der Waals surface area contributed by atoms with Gasteiger partial charge in [-0.05, 0) is 13.3 Å². The number of hydrogen-bond acceptors (Lipinski definition) is 5. The molecule has 0 aromatic heterocycles. The first-order valence-corrected chi connectivity index (χ1v) is 4.36. The molecule has 0 aromatic rings. The summed E-state index contributed by atoms with van der Waals surface area (Å²) in [6.07, 6.45) is -0.246. The molecule has 78 valence electrons. The second kappa shape index (κ2) is 3.95. The molecule has 0 amide bonds. The molecule has 5 nitrogen and oxygen atoms in total. The van der Waals surface area contributed by atoms with E-state index in [1.54, 1.807) is 0 Å². The van der Waals surface area contributed by atoms with Crippen molar-refractivity contribution in [2.24, 2.45) is 5.92 Å². The minimum Gasteiger partial charge on any atom is -0.467 e. The average molecular weight is 199 g/mol. The van der Waals surface area contributed by atoms with E-state index in [4.69, 9.17) is 10.00 Å². The van der Waals surface area contributed by atoms with Crippen molar-refractivity contribution >= 4 is 5.97 Å². The van der Waals surface area contributed by atoms with Crippen molar-refractivity contribution in [1.82, 2.24) is 0 Å². The van der Waals surface area contributed by atoms with E-state index >= 15 is 0 Å². The monoisotopic (exact) mass is 199 g/mol. The Morgan fingerprint density at radius 3 is 2.93 bits per heavy atom. The Bertz CT molecular complexity index is 268. The first-order valence-electron chi connectivity index (χ1n) is 4.36. The van der Waals surface area contributed by atoms with E-state index in [0.717, 1.165) is 0 Å². The minimum atomic E-state index is -1.65. The molecule has 0 aliphatic carbocycles.